The predicted molar refractivity (Wildman–Crippen MR) is 129 cm³/mol. The Hall–Kier alpha value is -1.41. The van der Waals surface area contributed by atoms with Gasteiger partial charge in [0.15, 0.2) is 8.24 Å². The summed E-state index contributed by atoms with van der Waals surface area (Å²) in [4.78, 5) is 32.4. The van der Waals surface area contributed by atoms with Crippen LogP contribution in [0.1, 0.15) is 66.7 Å². The molecule has 1 atom stereocenters. The molecule has 0 aliphatic carbocycles. The number of nitrogens with one attached hydrogen (secondary N) is 2. The van der Waals surface area contributed by atoms with Gasteiger partial charge in [0, 0.05) is 50.6 Å². The normalized spacial score (nSPS) is 23.9. The van der Waals surface area contributed by atoms with Crippen LogP contribution in [0, 0.1) is 11.3 Å². The third-order valence-corrected chi connectivity index (χ3v) is 7.78. The molecule has 4 heterocycles. The van der Waals surface area contributed by atoms with Gasteiger partial charge in [-0.25, -0.2) is 0 Å². The predicted octanol–water partition coefficient (Wildman–Crippen LogP) is 3.55. The number of carbonyl (C=O) groups is 3. The molecule has 0 spiro atoms. The second-order valence-corrected chi connectivity index (χ2v) is 14.9. The molecule has 4 aliphatic rings. The number of hydrogen-bond acceptors (Lipinski definition) is 4. The quantitative estimate of drug-likeness (QED) is 0.590. The summed E-state index contributed by atoms with van der Waals surface area (Å²) in [6.45, 7) is 17.3. The lowest BCUT2D eigenvalue weighted by atomic mass is 9.92. The Labute approximate surface area is 191 Å². The van der Waals surface area contributed by atoms with Gasteiger partial charge in [-0.2, -0.15) is 0 Å². The van der Waals surface area contributed by atoms with E-state index >= 15 is 0 Å². The van der Waals surface area contributed by atoms with Crippen molar-refractivity contribution in [3.8, 4) is 0 Å². The van der Waals surface area contributed by atoms with Crippen molar-refractivity contribution in [1.82, 2.24) is 15.2 Å². The van der Waals surface area contributed by atoms with Crippen LogP contribution in [0.3, 0.4) is 0 Å². The van der Waals surface area contributed by atoms with Gasteiger partial charge in [0.2, 0.25) is 17.7 Å². The average molecular weight is 458 g/mol. The molecule has 4 saturated heterocycles. The van der Waals surface area contributed by atoms with E-state index in [0.717, 1.165) is 58.5 Å². The van der Waals surface area contributed by atoms with Gasteiger partial charge in [0.05, 0.1) is 0 Å². The molecule has 0 saturated carbocycles. The summed E-state index contributed by atoms with van der Waals surface area (Å²) in [6.07, 6.45) is 6.40. The number of hydrogen-bond donors (Lipinski definition) is 2. The van der Waals surface area contributed by atoms with E-state index in [0.29, 0.717) is 5.91 Å². The van der Waals surface area contributed by atoms with Crippen molar-refractivity contribution in [2.75, 3.05) is 32.8 Å². The summed E-state index contributed by atoms with van der Waals surface area (Å²) in [6, 6.07) is 0. The summed E-state index contributed by atoms with van der Waals surface area (Å²) >= 11 is 0. The monoisotopic (exact) mass is 457 g/mol. The first-order valence-corrected chi connectivity index (χ1v) is 14.8. The van der Waals surface area contributed by atoms with Gasteiger partial charge >= 0.3 is 0 Å². The van der Waals surface area contributed by atoms with Gasteiger partial charge in [-0.05, 0) is 32.1 Å². The first-order valence-electron chi connectivity index (χ1n) is 11.4. The van der Waals surface area contributed by atoms with Crippen LogP contribution < -0.4 is 10.6 Å². The molecule has 0 aromatic heterocycles. The van der Waals surface area contributed by atoms with Gasteiger partial charge < -0.3 is 19.9 Å². The summed E-state index contributed by atoms with van der Waals surface area (Å²) in [5.74, 6) is 1.04. The number of nitrogens with zero attached hydrogens (tertiary/aromatic N) is 1. The fourth-order valence-corrected chi connectivity index (χ4v) is 5.12. The van der Waals surface area contributed by atoms with Crippen molar-refractivity contribution in [3.05, 3.63) is 0 Å². The lowest BCUT2D eigenvalue weighted by Gasteiger charge is -2.29. The van der Waals surface area contributed by atoms with Crippen LogP contribution in [0.15, 0.2) is 0 Å². The highest BCUT2D eigenvalue weighted by atomic mass is 28.3. The van der Waals surface area contributed by atoms with E-state index in [1.54, 1.807) is 0 Å². The zero-order chi connectivity index (χ0) is 22.8. The van der Waals surface area contributed by atoms with Crippen molar-refractivity contribution in [1.29, 1.82) is 0 Å². The second-order valence-electron chi connectivity index (χ2n) is 10.0. The molecule has 0 radical (unpaired) electrons. The molecule has 0 aromatic carbocycles. The summed E-state index contributed by atoms with van der Waals surface area (Å²) in [5, 5.41) is 5.50. The Morgan fingerprint density at radius 1 is 1.00 bits per heavy atom. The van der Waals surface area contributed by atoms with E-state index < -0.39 is 8.24 Å². The molecule has 3 amide bonds. The molecule has 31 heavy (non-hydrogen) atoms. The Balaban J connectivity index is 0.000000392. The Morgan fingerprint density at radius 3 is 1.77 bits per heavy atom. The highest BCUT2D eigenvalue weighted by Crippen LogP contribution is 2.23. The van der Waals surface area contributed by atoms with Gasteiger partial charge in [-0.1, -0.05) is 47.8 Å². The van der Waals surface area contributed by atoms with Crippen molar-refractivity contribution in [2.24, 2.45) is 11.3 Å². The second kappa shape index (κ2) is 13.9. The van der Waals surface area contributed by atoms with Crippen LogP contribution in [0.2, 0.25) is 19.6 Å². The number of amides is 3. The van der Waals surface area contributed by atoms with E-state index in [-0.39, 0.29) is 30.6 Å². The van der Waals surface area contributed by atoms with Crippen LogP contribution in [0.4, 0.5) is 0 Å². The molecule has 4 fully saturated rings. The topological polar surface area (TPSA) is 87.7 Å². The fraction of sp³-hybridized carbons (Fsp3) is 0.870. The molecule has 182 valence electrons. The van der Waals surface area contributed by atoms with E-state index in [2.05, 4.69) is 34.8 Å². The maximum atomic E-state index is 11.2. The van der Waals surface area contributed by atoms with E-state index in [4.69, 9.17) is 4.74 Å². The largest absolute Gasteiger partial charge is 0.381 e. The van der Waals surface area contributed by atoms with Gasteiger partial charge in [0.1, 0.15) is 0 Å². The molecule has 8 heteroatoms. The molecule has 0 aromatic rings. The minimum absolute atomic E-state index is 0. The Bertz CT molecular complexity index is 564. The summed E-state index contributed by atoms with van der Waals surface area (Å²) < 4.78 is 7.03. The lowest BCUT2D eigenvalue weighted by molar-refractivity contribution is -0.126. The van der Waals surface area contributed by atoms with E-state index in [1.165, 1.54) is 12.8 Å². The van der Waals surface area contributed by atoms with Crippen LogP contribution in [-0.2, 0) is 19.1 Å². The minimum Gasteiger partial charge on any atom is -0.381 e. The average Bonchev–Trinajstić information content (AvgIpc) is 3.43. The van der Waals surface area contributed by atoms with Crippen LogP contribution in [0.5, 0.6) is 0 Å². The SMILES string of the molecule is C.C1CCOC1.CC1(C)CCNC1=O.CC1CCNC1=O.C[Si](C)(C)N1CCCC1=O. The molecular weight excluding hydrogens is 410 g/mol. The highest BCUT2D eigenvalue weighted by Gasteiger charge is 2.32. The zero-order valence-corrected chi connectivity index (χ0v) is 20.9. The summed E-state index contributed by atoms with van der Waals surface area (Å²) in [5.41, 5.74) is -0.0972. The lowest BCUT2D eigenvalue weighted by Crippen LogP contribution is -2.46. The standard InChI is InChI=1S/C7H15NOSi.C6H11NO.C5H9NO.C4H8O.CH4/c1-10(2,3)8-6-4-5-7(8)9;1-6(2)3-4-7-5(6)8;1-4-2-3-6-5(4)7;1-2-4-5-3-1;/h4-6H2,1-3H3;3-4H2,1-2H3,(H,7,8);4H,2-3H2,1H3,(H,6,7);1-4H2;1H4. The van der Waals surface area contributed by atoms with E-state index in [1.807, 2.05) is 20.8 Å². The first-order chi connectivity index (χ1) is 13.9. The maximum absolute atomic E-state index is 11.2. The number of rotatable bonds is 1. The van der Waals surface area contributed by atoms with Crippen molar-refractivity contribution >= 4 is 26.0 Å². The van der Waals surface area contributed by atoms with Crippen LogP contribution in [0.25, 0.3) is 0 Å². The molecule has 0 bridgehead atoms. The minimum atomic E-state index is -1.30. The molecule has 2 N–H and O–H groups in total. The molecule has 4 aliphatic heterocycles. The van der Waals surface area contributed by atoms with E-state index in [9.17, 15) is 14.4 Å². The van der Waals surface area contributed by atoms with Crippen molar-refractivity contribution < 1.29 is 19.1 Å². The third kappa shape index (κ3) is 11.1. The molecule has 7 nitrogen and oxygen atoms in total. The summed E-state index contributed by atoms with van der Waals surface area (Å²) in [7, 11) is -1.30. The van der Waals surface area contributed by atoms with Gasteiger partial charge in [0.25, 0.3) is 0 Å². The Kier molecular flexibility index (Phi) is 13.2. The smallest absolute Gasteiger partial charge is 0.225 e. The van der Waals surface area contributed by atoms with Gasteiger partial charge in [-0.15, -0.1) is 0 Å². The molecular formula is C23H47N3O4Si. The van der Waals surface area contributed by atoms with Crippen molar-refractivity contribution in [3.63, 3.8) is 0 Å². The zero-order valence-electron chi connectivity index (χ0n) is 19.9. The fourth-order valence-electron chi connectivity index (χ4n) is 3.43. The molecule has 4 rings (SSSR count). The van der Waals surface area contributed by atoms with Crippen LogP contribution >= 0.6 is 0 Å². The first kappa shape index (κ1) is 29.6. The number of ether oxygens (including phenoxy) is 1. The van der Waals surface area contributed by atoms with Gasteiger partial charge in [-0.3, -0.25) is 14.4 Å². The van der Waals surface area contributed by atoms with Crippen molar-refractivity contribution in [2.45, 2.75) is 86.4 Å². The Morgan fingerprint density at radius 2 is 1.61 bits per heavy atom. The number of carbonyl (C=O) groups excluding carboxylic acids is 3. The highest BCUT2D eigenvalue weighted by molar-refractivity contribution is 6.75. The molecule has 1 unspecified atom stereocenters. The maximum Gasteiger partial charge on any atom is 0.225 e. The van der Waals surface area contributed by atoms with Crippen LogP contribution in [-0.4, -0.2) is 63.4 Å². The third-order valence-electron chi connectivity index (χ3n) is 5.68.